The smallest absolute Gasteiger partial charge is 0.153 e. The van der Waals surface area contributed by atoms with Gasteiger partial charge in [0.2, 0.25) is 0 Å². The molecule has 14 heavy (non-hydrogen) atoms. The summed E-state index contributed by atoms with van der Waals surface area (Å²) in [5.74, 6) is -0.0243. The Bertz CT molecular complexity index is 315. The Morgan fingerprint density at radius 1 is 1.50 bits per heavy atom. The van der Waals surface area contributed by atoms with Crippen LogP contribution in [0.5, 0.6) is 0 Å². The number of Topliss-reactive ketones (excluding diaryl/α,β-unsaturated/α-hetero) is 1. The second kappa shape index (κ2) is 3.98. The molecule has 1 fully saturated rings. The van der Waals surface area contributed by atoms with Gasteiger partial charge in [-0.05, 0) is 26.3 Å². The van der Waals surface area contributed by atoms with Gasteiger partial charge in [-0.25, -0.2) is 8.42 Å². The van der Waals surface area contributed by atoms with Crippen LogP contribution in [0.4, 0.5) is 0 Å². The molecule has 82 valence electrons. The molecule has 0 aromatic rings. The molecule has 1 heterocycles. The third kappa shape index (κ3) is 3.06. The first-order valence-corrected chi connectivity index (χ1v) is 6.86. The average molecular weight is 219 g/mol. The molecule has 5 heteroatoms. The highest BCUT2D eigenvalue weighted by molar-refractivity contribution is 7.90. The molecule has 0 bridgehead atoms. The Labute approximate surface area is 85.0 Å². The summed E-state index contributed by atoms with van der Waals surface area (Å²) in [6.45, 7) is 2.70. The fourth-order valence-electron chi connectivity index (χ4n) is 1.69. The molecule has 1 unspecified atom stereocenters. The Morgan fingerprint density at radius 2 is 2.14 bits per heavy atom. The molecule has 1 saturated heterocycles. The Kier molecular flexibility index (Phi) is 3.32. The van der Waals surface area contributed by atoms with Crippen molar-refractivity contribution in [2.24, 2.45) is 0 Å². The van der Waals surface area contributed by atoms with Crippen LogP contribution in [0, 0.1) is 0 Å². The van der Waals surface area contributed by atoms with Gasteiger partial charge >= 0.3 is 0 Å². The van der Waals surface area contributed by atoms with Gasteiger partial charge in [0.05, 0.1) is 11.3 Å². The van der Waals surface area contributed by atoms with Gasteiger partial charge in [-0.3, -0.25) is 4.79 Å². The third-order valence-electron chi connectivity index (χ3n) is 2.68. The van der Waals surface area contributed by atoms with Crippen LogP contribution in [0.25, 0.3) is 0 Å². The number of ketones is 1. The van der Waals surface area contributed by atoms with Crippen molar-refractivity contribution in [3.8, 4) is 0 Å². The van der Waals surface area contributed by atoms with E-state index in [0.29, 0.717) is 0 Å². The highest BCUT2D eigenvalue weighted by atomic mass is 32.2. The first-order chi connectivity index (χ1) is 6.33. The highest BCUT2D eigenvalue weighted by Gasteiger charge is 2.35. The van der Waals surface area contributed by atoms with Crippen LogP contribution >= 0.6 is 0 Å². The predicted octanol–water partition coefficient (Wildman–Crippen LogP) is 0.132. The van der Waals surface area contributed by atoms with Gasteiger partial charge in [0.25, 0.3) is 0 Å². The first kappa shape index (κ1) is 11.7. The van der Waals surface area contributed by atoms with E-state index in [-0.39, 0.29) is 18.0 Å². The van der Waals surface area contributed by atoms with Gasteiger partial charge in [-0.2, -0.15) is 0 Å². The summed E-state index contributed by atoms with van der Waals surface area (Å²) in [6, 6.07) is 0. The van der Waals surface area contributed by atoms with Crippen LogP contribution in [0.3, 0.4) is 0 Å². The standard InChI is InChI=1S/C9H17NO3S/c1-9(5-3-6-10-9)8(11)4-7-14(2,12)13/h10H,3-7H2,1-2H3. The van der Waals surface area contributed by atoms with Gasteiger partial charge in [-0.1, -0.05) is 0 Å². The van der Waals surface area contributed by atoms with Crippen LogP contribution in [0.2, 0.25) is 0 Å². The summed E-state index contributed by atoms with van der Waals surface area (Å²) in [4.78, 5) is 11.7. The molecular formula is C9H17NO3S. The van der Waals surface area contributed by atoms with Gasteiger partial charge < -0.3 is 5.32 Å². The molecular weight excluding hydrogens is 202 g/mol. The van der Waals surface area contributed by atoms with E-state index in [4.69, 9.17) is 0 Å². The van der Waals surface area contributed by atoms with Crippen LogP contribution < -0.4 is 5.32 Å². The topological polar surface area (TPSA) is 63.2 Å². The minimum atomic E-state index is -3.02. The van der Waals surface area contributed by atoms with Crippen molar-refractivity contribution >= 4 is 15.6 Å². The van der Waals surface area contributed by atoms with Crippen molar-refractivity contribution in [3.05, 3.63) is 0 Å². The molecule has 4 nitrogen and oxygen atoms in total. The molecule has 0 spiro atoms. The van der Waals surface area contributed by atoms with Crippen LogP contribution in [-0.4, -0.2) is 38.3 Å². The van der Waals surface area contributed by atoms with Gasteiger partial charge in [-0.15, -0.1) is 0 Å². The second-order valence-electron chi connectivity index (χ2n) is 4.17. The van der Waals surface area contributed by atoms with E-state index < -0.39 is 15.4 Å². The minimum Gasteiger partial charge on any atom is -0.305 e. The third-order valence-corrected chi connectivity index (χ3v) is 3.63. The van der Waals surface area contributed by atoms with Crippen LogP contribution in [0.1, 0.15) is 26.2 Å². The fourth-order valence-corrected chi connectivity index (χ4v) is 2.24. The SMILES string of the molecule is CC1(C(=O)CCS(C)(=O)=O)CCCN1. The lowest BCUT2D eigenvalue weighted by Crippen LogP contribution is -2.45. The van der Waals surface area contributed by atoms with E-state index in [9.17, 15) is 13.2 Å². The lowest BCUT2D eigenvalue weighted by Gasteiger charge is -2.22. The molecule has 0 saturated carbocycles. The molecule has 0 aromatic heterocycles. The summed E-state index contributed by atoms with van der Waals surface area (Å²) in [5, 5.41) is 3.12. The number of carbonyl (C=O) groups is 1. The molecule has 1 N–H and O–H groups in total. The molecule has 0 aromatic carbocycles. The zero-order valence-electron chi connectivity index (χ0n) is 8.67. The number of nitrogens with one attached hydrogen (secondary N) is 1. The summed E-state index contributed by atoms with van der Waals surface area (Å²) in [6.07, 6.45) is 3.09. The number of hydrogen-bond acceptors (Lipinski definition) is 4. The quantitative estimate of drug-likeness (QED) is 0.730. The Morgan fingerprint density at radius 3 is 2.57 bits per heavy atom. The van der Waals surface area contributed by atoms with Crippen LogP contribution in [0.15, 0.2) is 0 Å². The van der Waals surface area contributed by atoms with Crippen molar-refractivity contribution in [2.45, 2.75) is 31.7 Å². The molecule has 1 atom stereocenters. The number of sulfone groups is 1. The van der Waals surface area contributed by atoms with Crippen LogP contribution in [-0.2, 0) is 14.6 Å². The predicted molar refractivity (Wildman–Crippen MR) is 55.0 cm³/mol. The highest BCUT2D eigenvalue weighted by Crippen LogP contribution is 2.20. The Balaban J connectivity index is 2.50. The molecule has 1 rings (SSSR count). The number of hydrogen-bond donors (Lipinski definition) is 1. The molecule has 1 aliphatic rings. The van der Waals surface area contributed by atoms with Gasteiger partial charge in [0, 0.05) is 12.7 Å². The largest absolute Gasteiger partial charge is 0.305 e. The summed E-state index contributed by atoms with van der Waals surface area (Å²) in [5.41, 5.74) is -0.481. The van der Waals surface area contributed by atoms with Crippen molar-refractivity contribution in [1.29, 1.82) is 0 Å². The minimum absolute atomic E-state index is 0.0143. The molecule has 0 aliphatic carbocycles. The molecule has 1 aliphatic heterocycles. The first-order valence-electron chi connectivity index (χ1n) is 4.80. The normalized spacial score (nSPS) is 27.9. The average Bonchev–Trinajstić information content (AvgIpc) is 2.48. The summed E-state index contributed by atoms with van der Waals surface area (Å²) in [7, 11) is -3.02. The number of rotatable bonds is 4. The van der Waals surface area contributed by atoms with E-state index in [0.717, 1.165) is 25.6 Å². The van der Waals surface area contributed by atoms with Crippen molar-refractivity contribution in [3.63, 3.8) is 0 Å². The zero-order valence-corrected chi connectivity index (χ0v) is 9.49. The maximum absolute atomic E-state index is 11.7. The maximum Gasteiger partial charge on any atom is 0.153 e. The molecule has 0 amide bonds. The van der Waals surface area contributed by atoms with E-state index in [1.54, 1.807) is 0 Å². The lowest BCUT2D eigenvalue weighted by atomic mass is 9.93. The molecule has 0 radical (unpaired) electrons. The zero-order chi connectivity index (χ0) is 10.8. The van der Waals surface area contributed by atoms with Gasteiger partial charge in [0.15, 0.2) is 5.78 Å². The van der Waals surface area contributed by atoms with Crippen molar-refractivity contribution in [1.82, 2.24) is 5.32 Å². The van der Waals surface area contributed by atoms with E-state index in [1.165, 1.54) is 0 Å². The maximum atomic E-state index is 11.7. The van der Waals surface area contributed by atoms with E-state index in [1.807, 2.05) is 6.92 Å². The fraction of sp³-hybridized carbons (Fsp3) is 0.889. The van der Waals surface area contributed by atoms with Crippen molar-refractivity contribution in [2.75, 3.05) is 18.6 Å². The van der Waals surface area contributed by atoms with E-state index >= 15 is 0 Å². The van der Waals surface area contributed by atoms with Gasteiger partial charge in [0.1, 0.15) is 9.84 Å². The lowest BCUT2D eigenvalue weighted by molar-refractivity contribution is -0.123. The van der Waals surface area contributed by atoms with Crippen molar-refractivity contribution < 1.29 is 13.2 Å². The van der Waals surface area contributed by atoms with E-state index in [2.05, 4.69) is 5.32 Å². The number of carbonyl (C=O) groups excluding carboxylic acids is 1. The Hall–Kier alpha value is -0.420. The summed E-state index contributed by atoms with van der Waals surface area (Å²) < 4.78 is 21.8. The second-order valence-corrected chi connectivity index (χ2v) is 6.43. The summed E-state index contributed by atoms with van der Waals surface area (Å²) >= 11 is 0. The monoisotopic (exact) mass is 219 g/mol.